The molecular weight excluding hydrogens is 280 g/mol. The number of nitrogens with zero attached hydrogens (tertiary/aromatic N) is 1. The molecule has 2 aromatic heterocycles. The van der Waals surface area contributed by atoms with E-state index in [0.29, 0.717) is 12.3 Å². The van der Waals surface area contributed by atoms with Gasteiger partial charge in [-0.05, 0) is 36.4 Å². The summed E-state index contributed by atoms with van der Waals surface area (Å²) in [5, 5.41) is 0.921. The zero-order chi connectivity index (χ0) is 13.2. The zero-order valence-corrected chi connectivity index (χ0v) is 11.5. The third-order valence-electron chi connectivity index (χ3n) is 2.76. The highest BCUT2D eigenvalue weighted by molar-refractivity contribution is 7.16. The van der Waals surface area contributed by atoms with Gasteiger partial charge in [0.15, 0.2) is 0 Å². The molecule has 1 aromatic carbocycles. The summed E-state index contributed by atoms with van der Waals surface area (Å²) in [5.74, 6) is 0.779. The van der Waals surface area contributed by atoms with Gasteiger partial charge in [0.05, 0.1) is 15.5 Å². The molecule has 0 fully saturated rings. The van der Waals surface area contributed by atoms with Crippen molar-refractivity contribution in [3.8, 4) is 5.75 Å². The maximum absolute atomic E-state index is 5.90. The van der Waals surface area contributed by atoms with Crippen molar-refractivity contribution in [2.45, 2.75) is 6.61 Å². The molecule has 5 heteroatoms. The summed E-state index contributed by atoms with van der Waals surface area (Å²) in [4.78, 5) is 5.36. The fourth-order valence-electron chi connectivity index (χ4n) is 1.87. The Kier molecular flexibility index (Phi) is 3.27. The van der Waals surface area contributed by atoms with Crippen LogP contribution in [-0.2, 0) is 6.61 Å². The Hall–Kier alpha value is -1.78. The zero-order valence-electron chi connectivity index (χ0n) is 9.97. The predicted molar refractivity (Wildman–Crippen MR) is 79.8 cm³/mol. The molecule has 0 saturated heterocycles. The van der Waals surface area contributed by atoms with Crippen molar-refractivity contribution in [2.24, 2.45) is 0 Å². The van der Waals surface area contributed by atoms with E-state index in [0.717, 1.165) is 25.9 Å². The number of thiophene rings is 1. The number of rotatable bonds is 3. The molecule has 0 aliphatic heterocycles. The first-order valence-electron chi connectivity index (χ1n) is 5.74. The molecule has 2 N–H and O–H groups in total. The molecule has 0 saturated carbocycles. The fraction of sp³-hybridized carbons (Fsp3) is 0.0714. The minimum absolute atomic E-state index is 0.491. The van der Waals surface area contributed by atoms with Crippen molar-refractivity contribution in [1.29, 1.82) is 0 Å². The first kappa shape index (κ1) is 12.3. The van der Waals surface area contributed by atoms with E-state index >= 15 is 0 Å². The van der Waals surface area contributed by atoms with E-state index < -0.39 is 0 Å². The van der Waals surface area contributed by atoms with Gasteiger partial charge in [0.1, 0.15) is 12.4 Å². The van der Waals surface area contributed by atoms with E-state index in [1.54, 1.807) is 6.20 Å². The second kappa shape index (κ2) is 5.07. The van der Waals surface area contributed by atoms with Crippen molar-refractivity contribution in [3.63, 3.8) is 0 Å². The average Bonchev–Trinajstić information content (AvgIpc) is 2.84. The molecule has 0 spiro atoms. The van der Waals surface area contributed by atoms with Gasteiger partial charge >= 0.3 is 0 Å². The molecule has 0 radical (unpaired) electrons. The SMILES string of the molecule is Nc1ccc(OCc2ccc(Cl)s2)c2cccnc12. The van der Waals surface area contributed by atoms with E-state index in [9.17, 15) is 0 Å². The van der Waals surface area contributed by atoms with Crippen LogP contribution in [0.4, 0.5) is 5.69 Å². The summed E-state index contributed by atoms with van der Waals surface area (Å²) in [6, 6.07) is 11.3. The van der Waals surface area contributed by atoms with Crippen molar-refractivity contribution >= 4 is 39.5 Å². The highest BCUT2D eigenvalue weighted by Crippen LogP contribution is 2.30. The molecule has 3 aromatic rings. The van der Waals surface area contributed by atoms with Gasteiger partial charge in [-0.15, -0.1) is 11.3 Å². The Morgan fingerprint density at radius 2 is 2.11 bits per heavy atom. The van der Waals surface area contributed by atoms with E-state index in [2.05, 4.69) is 4.98 Å². The molecule has 0 unspecified atom stereocenters. The van der Waals surface area contributed by atoms with E-state index in [1.165, 1.54) is 11.3 Å². The number of hydrogen-bond donors (Lipinski definition) is 1. The van der Waals surface area contributed by atoms with Crippen LogP contribution in [-0.4, -0.2) is 4.98 Å². The smallest absolute Gasteiger partial charge is 0.129 e. The summed E-state index contributed by atoms with van der Waals surface area (Å²) in [6.45, 7) is 0.491. The maximum atomic E-state index is 5.90. The largest absolute Gasteiger partial charge is 0.487 e. The first-order valence-corrected chi connectivity index (χ1v) is 6.94. The van der Waals surface area contributed by atoms with E-state index in [4.69, 9.17) is 22.1 Å². The Bertz CT molecular complexity index is 726. The Morgan fingerprint density at radius 1 is 1.21 bits per heavy atom. The molecule has 0 atom stereocenters. The van der Waals surface area contributed by atoms with Crippen LogP contribution in [0.25, 0.3) is 10.9 Å². The Labute approximate surface area is 119 Å². The monoisotopic (exact) mass is 290 g/mol. The molecule has 2 heterocycles. The van der Waals surface area contributed by atoms with Gasteiger partial charge < -0.3 is 10.5 Å². The number of ether oxygens (including phenoxy) is 1. The van der Waals surface area contributed by atoms with Gasteiger partial charge in [-0.3, -0.25) is 4.98 Å². The van der Waals surface area contributed by atoms with Crippen molar-refractivity contribution in [3.05, 3.63) is 51.8 Å². The number of hydrogen-bond acceptors (Lipinski definition) is 4. The van der Waals surface area contributed by atoms with E-state index in [-0.39, 0.29) is 0 Å². The second-order valence-corrected chi connectivity index (χ2v) is 5.85. The van der Waals surface area contributed by atoms with Gasteiger partial charge in [0.2, 0.25) is 0 Å². The van der Waals surface area contributed by atoms with Gasteiger partial charge in [-0.2, -0.15) is 0 Å². The number of pyridine rings is 1. The van der Waals surface area contributed by atoms with Gasteiger partial charge in [0.25, 0.3) is 0 Å². The lowest BCUT2D eigenvalue weighted by molar-refractivity contribution is 0.313. The van der Waals surface area contributed by atoms with Crippen molar-refractivity contribution < 1.29 is 4.74 Å². The number of aromatic nitrogens is 1. The van der Waals surface area contributed by atoms with Gasteiger partial charge in [0, 0.05) is 16.5 Å². The number of nitrogens with two attached hydrogens (primary N) is 1. The maximum Gasteiger partial charge on any atom is 0.129 e. The molecule has 3 nitrogen and oxygen atoms in total. The number of nitrogen functional groups attached to an aromatic ring is 1. The highest BCUT2D eigenvalue weighted by Gasteiger charge is 2.06. The fourth-order valence-corrected chi connectivity index (χ4v) is 2.87. The average molecular weight is 291 g/mol. The topological polar surface area (TPSA) is 48.1 Å². The number of halogens is 1. The normalized spacial score (nSPS) is 10.8. The third kappa shape index (κ3) is 2.50. The van der Waals surface area contributed by atoms with Crippen LogP contribution in [0.2, 0.25) is 4.34 Å². The Morgan fingerprint density at radius 3 is 2.89 bits per heavy atom. The summed E-state index contributed by atoms with van der Waals surface area (Å²) < 4.78 is 6.60. The summed E-state index contributed by atoms with van der Waals surface area (Å²) in [6.07, 6.45) is 1.72. The minimum atomic E-state index is 0.491. The molecule has 0 amide bonds. The summed E-state index contributed by atoms with van der Waals surface area (Å²) >= 11 is 7.41. The van der Waals surface area contributed by atoms with Crippen LogP contribution in [0.3, 0.4) is 0 Å². The molecule has 0 aliphatic rings. The third-order valence-corrected chi connectivity index (χ3v) is 3.96. The number of anilines is 1. The van der Waals surface area contributed by atoms with Gasteiger partial charge in [-0.25, -0.2) is 0 Å². The first-order chi connectivity index (χ1) is 9.24. The molecule has 96 valence electrons. The highest BCUT2D eigenvalue weighted by atomic mass is 35.5. The second-order valence-electron chi connectivity index (χ2n) is 4.05. The molecular formula is C14H11ClN2OS. The lowest BCUT2D eigenvalue weighted by atomic mass is 10.2. The minimum Gasteiger partial charge on any atom is -0.487 e. The predicted octanol–water partition coefficient (Wildman–Crippen LogP) is 4.11. The standard InChI is InChI=1S/C14H11ClN2OS/c15-13-6-3-9(19-13)8-18-12-5-4-11(16)14-10(12)2-1-7-17-14/h1-7H,8,16H2. The van der Waals surface area contributed by atoms with Crippen LogP contribution >= 0.6 is 22.9 Å². The summed E-state index contributed by atoms with van der Waals surface area (Å²) in [5.41, 5.74) is 7.32. The lowest BCUT2D eigenvalue weighted by Gasteiger charge is -2.09. The van der Waals surface area contributed by atoms with Crippen LogP contribution in [0.15, 0.2) is 42.6 Å². The van der Waals surface area contributed by atoms with Crippen LogP contribution in [0, 0.1) is 0 Å². The molecule has 0 aliphatic carbocycles. The van der Waals surface area contributed by atoms with Crippen LogP contribution < -0.4 is 10.5 Å². The van der Waals surface area contributed by atoms with Crippen molar-refractivity contribution in [1.82, 2.24) is 4.98 Å². The van der Waals surface area contributed by atoms with Crippen LogP contribution in [0.5, 0.6) is 5.75 Å². The van der Waals surface area contributed by atoms with Gasteiger partial charge in [-0.1, -0.05) is 11.6 Å². The summed E-state index contributed by atoms with van der Waals surface area (Å²) in [7, 11) is 0. The Balaban J connectivity index is 1.91. The molecule has 3 rings (SSSR count). The number of fused-ring (bicyclic) bond motifs is 1. The molecule has 19 heavy (non-hydrogen) atoms. The van der Waals surface area contributed by atoms with Crippen molar-refractivity contribution in [2.75, 3.05) is 5.73 Å². The quantitative estimate of drug-likeness (QED) is 0.738. The van der Waals surface area contributed by atoms with Crippen LogP contribution in [0.1, 0.15) is 4.88 Å². The number of benzene rings is 1. The lowest BCUT2D eigenvalue weighted by Crippen LogP contribution is -1.96. The van der Waals surface area contributed by atoms with E-state index in [1.807, 2.05) is 36.4 Å². The molecule has 0 bridgehead atoms.